The van der Waals surface area contributed by atoms with E-state index in [0.717, 1.165) is 12.8 Å². The summed E-state index contributed by atoms with van der Waals surface area (Å²) in [5, 5.41) is 16.3. The highest BCUT2D eigenvalue weighted by molar-refractivity contribution is 5.96. The molecule has 9 heteroatoms. The van der Waals surface area contributed by atoms with E-state index in [4.69, 9.17) is 5.21 Å². The van der Waals surface area contributed by atoms with Crippen molar-refractivity contribution in [2.24, 2.45) is 0 Å². The van der Waals surface area contributed by atoms with Crippen LogP contribution in [0.15, 0.2) is 24.3 Å². The van der Waals surface area contributed by atoms with Crippen molar-refractivity contribution in [3.8, 4) is 0 Å². The van der Waals surface area contributed by atoms with Crippen LogP contribution in [0.5, 0.6) is 0 Å². The molecule has 0 aliphatic heterocycles. The minimum atomic E-state index is -0.402. The van der Waals surface area contributed by atoms with Gasteiger partial charge in [0.2, 0.25) is 17.7 Å². The number of anilines is 1. The van der Waals surface area contributed by atoms with Crippen LogP contribution in [0.4, 0.5) is 5.69 Å². The van der Waals surface area contributed by atoms with Crippen LogP contribution in [0.25, 0.3) is 0 Å². The molecule has 0 fully saturated rings. The van der Waals surface area contributed by atoms with E-state index < -0.39 is 5.91 Å². The molecule has 1 aromatic rings. The average Bonchev–Trinajstić information content (AvgIpc) is 2.70. The number of hydroxylamine groups is 1. The maximum atomic E-state index is 12.0. The van der Waals surface area contributed by atoms with Gasteiger partial charge in [-0.2, -0.15) is 0 Å². The van der Waals surface area contributed by atoms with Crippen molar-refractivity contribution in [1.29, 1.82) is 0 Å². The lowest BCUT2D eigenvalue weighted by Gasteiger charge is -2.08. The Morgan fingerprint density at radius 1 is 0.821 bits per heavy atom. The number of benzene rings is 1. The number of carbonyl (C=O) groups is 4. The summed E-state index contributed by atoms with van der Waals surface area (Å²) in [7, 11) is 1.54. The highest BCUT2D eigenvalue weighted by Gasteiger charge is 2.07. The molecule has 5 N–H and O–H groups in total. The standard InChI is InChI=1S/C19H28N4O5/c1-20-16(24)12-13-21-19(27)14-8-10-15(11-9-14)22-17(25)6-4-2-3-5-7-18(26)23-28/h8-11,28H,2-7,12-13H2,1H3,(H,20,24)(H,21,27)(H,22,25)(H,23,26). The normalized spacial score (nSPS) is 10.1. The lowest BCUT2D eigenvalue weighted by molar-refractivity contribution is -0.129. The Morgan fingerprint density at radius 2 is 1.43 bits per heavy atom. The first-order chi connectivity index (χ1) is 13.5. The van der Waals surface area contributed by atoms with E-state index in [2.05, 4.69) is 16.0 Å². The number of amides is 4. The molecule has 154 valence electrons. The Bertz CT molecular complexity index is 661. The summed E-state index contributed by atoms with van der Waals surface area (Å²) in [5.41, 5.74) is 2.63. The van der Waals surface area contributed by atoms with E-state index >= 15 is 0 Å². The van der Waals surface area contributed by atoms with Crippen molar-refractivity contribution in [1.82, 2.24) is 16.1 Å². The van der Waals surface area contributed by atoms with Gasteiger partial charge in [-0.25, -0.2) is 5.48 Å². The molecule has 0 bridgehead atoms. The average molecular weight is 392 g/mol. The largest absolute Gasteiger partial charge is 0.359 e. The third kappa shape index (κ3) is 9.67. The molecule has 0 heterocycles. The predicted octanol–water partition coefficient (Wildman–Crippen LogP) is 1.34. The smallest absolute Gasteiger partial charge is 0.251 e. The van der Waals surface area contributed by atoms with Gasteiger partial charge in [0, 0.05) is 44.1 Å². The SMILES string of the molecule is CNC(=O)CCNC(=O)c1ccc(NC(=O)CCCCCCC(=O)NO)cc1. The van der Waals surface area contributed by atoms with Crippen LogP contribution in [0.2, 0.25) is 0 Å². The van der Waals surface area contributed by atoms with Gasteiger partial charge < -0.3 is 16.0 Å². The van der Waals surface area contributed by atoms with E-state index in [0.29, 0.717) is 30.5 Å². The number of hydrogen-bond donors (Lipinski definition) is 5. The van der Waals surface area contributed by atoms with Gasteiger partial charge in [0.25, 0.3) is 5.91 Å². The second-order valence-electron chi connectivity index (χ2n) is 6.25. The molecule has 0 atom stereocenters. The maximum Gasteiger partial charge on any atom is 0.251 e. The molecule has 9 nitrogen and oxygen atoms in total. The molecule has 0 spiro atoms. The predicted molar refractivity (Wildman–Crippen MR) is 104 cm³/mol. The molecule has 0 saturated carbocycles. The molecule has 0 aliphatic carbocycles. The van der Waals surface area contributed by atoms with Crippen LogP contribution in [0, 0.1) is 0 Å². The quantitative estimate of drug-likeness (QED) is 0.208. The summed E-state index contributed by atoms with van der Waals surface area (Å²) < 4.78 is 0. The fraction of sp³-hybridized carbons (Fsp3) is 0.474. The first-order valence-electron chi connectivity index (χ1n) is 9.28. The van der Waals surface area contributed by atoms with Crippen LogP contribution < -0.4 is 21.4 Å². The van der Waals surface area contributed by atoms with E-state index in [1.54, 1.807) is 29.7 Å². The Labute approximate surface area is 164 Å². The fourth-order valence-electron chi connectivity index (χ4n) is 2.43. The molecule has 0 unspecified atom stereocenters. The third-order valence-electron chi connectivity index (χ3n) is 4.03. The van der Waals surface area contributed by atoms with E-state index in [1.807, 2.05) is 0 Å². The maximum absolute atomic E-state index is 12.0. The second-order valence-corrected chi connectivity index (χ2v) is 6.25. The summed E-state index contributed by atoms with van der Waals surface area (Å²) in [4.78, 5) is 45.9. The number of rotatable bonds is 12. The summed E-state index contributed by atoms with van der Waals surface area (Å²) in [6.45, 7) is 0.252. The van der Waals surface area contributed by atoms with Crippen molar-refractivity contribution in [2.45, 2.75) is 44.9 Å². The number of hydrogen-bond acceptors (Lipinski definition) is 5. The number of carbonyl (C=O) groups excluding carboxylic acids is 4. The van der Waals surface area contributed by atoms with Crippen molar-refractivity contribution in [3.05, 3.63) is 29.8 Å². The molecule has 1 rings (SSSR count). The van der Waals surface area contributed by atoms with Crippen LogP contribution in [0.3, 0.4) is 0 Å². The summed E-state index contributed by atoms with van der Waals surface area (Å²) in [5.74, 6) is -0.942. The summed E-state index contributed by atoms with van der Waals surface area (Å²) in [6.07, 6.45) is 3.86. The van der Waals surface area contributed by atoms with Gasteiger partial charge >= 0.3 is 0 Å². The van der Waals surface area contributed by atoms with Crippen molar-refractivity contribution < 1.29 is 24.4 Å². The van der Waals surface area contributed by atoms with Gasteiger partial charge in [0.1, 0.15) is 0 Å². The third-order valence-corrected chi connectivity index (χ3v) is 4.03. The number of nitrogens with one attached hydrogen (secondary N) is 4. The fourth-order valence-corrected chi connectivity index (χ4v) is 2.43. The molecular formula is C19H28N4O5. The first-order valence-corrected chi connectivity index (χ1v) is 9.28. The molecule has 0 radical (unpaired) electrons. The van der Waals surface area contributed by atoms with Crippen LogP contribution in [-0.2, 0) is 14.4 Å². The van der Waals surface area contributed by atoms with Gasteiger partial charge in [-0.1, -0.05) is 12.8 Å². The Hall–Kier alpha value is -2.94. The Kier molecular flexibility index (Phi) is 10.9. The van der Waals surface area contributed by atoms with E-state index in [1.165, 1.54) is 7.05 Å². The van der Waals surface area contributed by atoms with Gasteiger partial charge in [-0.3, -0.25) is 24.4 Å². The zero-order valence-electron chi connectivity index (χ0n) is 16.0. The summed E-state index contributed by atoms with van der Waals surface area (Å²) >= 11 is 0. The highest BCUT2D eigenvalue weighted by Crippen LogP contribution is 2.11. The Morgan fingerprint density at radius 3 is 2.00 bits per heavy atom. The minimum absolute atomic E-state index is 0.115. The topological polar surface area (TPSA) is 137 Å². The molecule has 0 aliphatic rings. The van der Waals surface area contributed by atoms with Crippen LogP contribution >= 0.6 is 0 Å². The van der Waals surface area contributed by atoms with E-state index in [-0.39, 0.29) is 37.1 Å². The molecule has 0 aromatic heterocycles. The second kappa shape index (κ2) is 13.3. The molecular weight excluding hydrogens is 364 g/mol. The summed E-state index contributed by atoms with van der Waals surface area (Å²) in [6, 6.07) is 6.52. The molecule has 4 amide bonds. The van der Waals surface area contributed by atoms with Gasteiger partial charge in [0.05, 0.1) is 0 Å². The Balaban J connectivity index is 2.26. The lowest BCUT2D eigenvalue weighted by atomic mass is 10.1. The highest BCUT2D eigenvalue weighted by atomic mass is 16.5. The van der Waals surface area contributed by atoms with E-state index in [9.17, 15) is 19.2 Å². The van der Waals surface area contributed by atoms with Gasteiger partial charge in [-0.15, -0.1) is 0 Å². The van der Waals surface area contributed by atoms with Crippen molar-refractivity contribution in [2.75, 3.05) is 18.9 Å². The van der Waals surface area contributed by atoms with Crippen molar-refractivity contribution in [3.63, 3.8) is 0 Å². The molecule has 0 saturated heterocycles. The minimum Gasteiger partial charge on any atom is -0.359 e. The first kappa shape index (κ1) is 23.1. The van der Waals surface area contributed by atoms with Crippen LogP contribution in [-0.4, -0.2) is 42.4 Å². The van der Waals surface area contributed by atoms with Crippen LogP contribution in [0.1, 0.15) is 55.3 Å². The lowest BCUT2D eigenvalue weighted by Crippen LogP contribution is -2.29. The van der Waals surface area contributed by atoms with Gasteiger partial charge in [0.15, 0.2) is 0 Å². The van der Waals surface area contributed by atoms with Gasteiger partial charge in [-0.05, 0) is 37.1 Å². The molecule has 28 heavy (non-hydrogen) atoms. The zero-order valence-corrected chi connectivity index (χ0v) is 16.0. The zero-order chi connectivity index (χ0) is 20.8. The monoisotopic (exact) mass is 392 g/mol. The van der Waals surface area contributed by atoms with Crippen molar-refractivity contribution >= 4 is 29.3 Å². The molecule has 1 aromatic carbocycles. The number of unbranched alkanes of at least 4 members (excludes halogenated alkanes) is 3.